The van der Waals surface area contributed by atoms with E-state index in [2.05, 4.69) is 16.8 Å². The Morgan fingerprint density at radius 3 is 2.67 bits per heavy atom. The number of hydrogen-bond donors (Lipinski definition) is 1. The van der Waals surface area contributed by atoms with E-state index < -0.39 is 0 Å². The van der Waals surface area contributed by atoms with Gasteiger partial charge in [-0.1, -0.05) is 0 Å². The minimum atomic E-state index is -0.0153. The maximum atomic E-state index is 5.85. The van der Waals surface area contributed by atoms with E-state index in [1.54, 1.807) is 14.2 Å². The van der Waals surface area contributed by atoms with Gasteiger partial charge < -0.3 is 20.1 Å². The van der Waals surface area contributed by atoms with E-state index >= 15 is 0 Å². The molecule has 1 aliphatic heterocycles. The van der Waals surface area contributed by atoms with Crippen LogP contribution in [0.15, 0.2) is 4.99 Å². The molecule has 1 aliphatic rings. The van der Waals surface area contributed by atoms with E-state index in [0.29, 0.717) is 12.6 Å². The predicted molar refractivity (Wildman–Crippen MR) is 60.0 cm³/mol. The zero-order chi connectivity index (χ0) is 11.3. The number of ether oxygens (including phenoxy) is 2. The van der Waals surface area contributed by atoms with Crippen LogP contribution in [0, 0.1) is 0 Å². The van der Waals surface area contributed by atoms with Crippen LogP contribution in [0.25, 0.3) is 0 Å². The maximum Gasteiger partial charge on any atom is 0.191 e. The van der Waals surface area contributed by atoms with Crippen LogP contribution in [0.5, 0.6) is 0 Å². The van der Waals surface area contributed by atoms with Crippen LogP contribution in [-0.2, 0) is 9.47 Å². The van der Waals surface area contributed by atoms with Crippen molar-refractivity contribution in [1.82, 2.24) is 4.90 Å². The van der Waals surface area contributed by atoms with Crippen molar-refractivity contribution in [1.29, 1.82) is 0 Å². The number of nitrogens with two attached hydrogens (primary N) is 1. The van der Waals surface area contributed by atoms with Gasteiger partial charge in [-0.15, -0.1) is 0 Å². The van der Waals surface area contributed by atoms with E-state index in [1.165, 1.54) is 0 Å². The molecule has 0 spiro atoms. The van der Waals surface area contributed by atoms with Crippen molar-refractivity contribution in [3.05, 3.63) is 0 Å². The Morgan fingerprint density at radius 2 is 2.07 bits per heavy atom. The SMILES string of the molecule is COCCN1C(N)=NCC1(C)CCOC. The van der Waals surface area contributed by atoms with Gasteiger partial charge in [-0.05, 0) is 13.3 Å². The molecule has 0 aromatic heterocycles. The molecule has 5 heteroatoms. The van der Waals surface area contributed by atoms with E-state index in [1.807, 2.05) is 0 Å². The van der Waals surface area contributed by atoms with Gasteiger partial charge in [0.05, 0.1) is 18.7 Å². The summed E-state index contributed by atoms with van der Waals surface area (Å²) in [5.41, 5.74) is 5.83. The third-order valence-corrected chi connectivity index (χ3v) is 2.87. The van der Waals surface area contributed by atoms with Crippen molar-refractivity contribution in [2.45, 2.75) is 18.9 Å². The minimum absolute atomic E-state index is 0.0153. The first-order valence-electron chi connectivity index (χ1n) is 5.19. The maximum absolute atomic E-state index is 5.85. The fourth-order valence-electron chi connectivity index (χ4n) is 1.80. The fourth-order valence-corrected chi connectivity index (χ4v) is 1.80. The van der Waals surface area contributed by atoms with Crippen molar-refractivity contribution in [2.75, 3.05) is 40.5 Å². The van der Waals surface area contributed by atoms with E-state index in [0.717, 1.165) is 26.1 Å². The van der Waals surface area contributed by atoms with Crippen LogP contribution < -0.4 is 5.73 Å². The summed E-state index contributed by atoms with van der Waals surface area (Å²) in [7, 11) is 3.40. The second-order valence-corrected chi connectivity index (χ2v) is 4.06. The smallest absolute Gasteiger partial charge is 0.191 e. The molecular formula is C10H21N3O2. The number of hydrogen-bond acceptors (Lipinski definition) is 5. The molecule has 0 bridgehead atoms. The zero-order valence-electron chi connectivity index (χ0n) is 9.82. The molecule has 1 rings (SSSR count). The highest BCUT2D eigenvalue weighted by molar-refractivity contribution is 5.80. The fraction of sp³-hybridized carbons (Fsp3) is 0.900. The Bertz CT molecular complexity index is 233. The van der Waals surface area contributed by atoms with E-state index in [9.17, 15) is 0 Å². The van der Waals surface area contributed by atoms with Gasteiger partial charge in [0, 0.05) is 27.4 Å². The van der Waals surface area contributed by atoms with Gasteiger partial charge in [0.25, 0.3) is 0 Å². The number of guanidine groups is 1. The van der Waals surface area contributed by atoms with Crippen LogP contribution in [0.3, 0.4) is 0 Å². The zero-order valence-corrected chi connectivity index (χ0v) is 9.82. The molecule has 0 saturated carbocycles. The predicted octanol–water partition coefficient (Wildman–Crippen LogP) is 0.0583. The van der Waals surface area contributed by atoms with Crippen molar-refractivity contribution < 1.29 is 9.47 Å². The average molecular weight is 215 g/mol. The van der Waals surface area contributed by atoms with Crippen molar-refractivity contribution in [3.8, 4) is 0 Å². The van der Waals surface area contributed by atoms with Gasteiger partial charge in [0.15, 0.2) is 5.96 Å². The van der Waals surface area contributed by atoms with Gasteiger partial charge in [-0.2, -0.15) is 0 Å². The lowest BCUT2D eigenvalue weighted by molar-refractivity contribution is 0.102. The van der Waals surface area contributed by atoms with Crippen LogP contribution >= 0.6 is 0 Å². The lowest BCUT2D eigenvalue weighted by Gasteiger charge is -2.35. The Labute approximate surface area is 91.2 Å². The second kappa shape index (κ2) is 5.32. The van der Waals surface area contributed by atoms with Crippen LogP contribution in [-0.4, -0.2) is 56.9 Å². The first-order chi connectivity index (χ1) is 7.14. The highest BCUT2D eigenvalue weighted by Crippen LogP contribution is 2.24. The van der Waals surface area contributed by atoms with Crippen LogP contribution in [0.4, 0.5) is 0 Å². The third-order valence-electron chi connectivity index (χ3n) is 2.87. The van der Waals surface area contributed by atoms with Crippen molar-refractivity contribution in [2.24, 2.45) is 10.7 Å². The number of aliphatic imine (C=N–C) groups is 1. The molecule has 0 amide bonds. The summed E-state index contributed by atoms with van der Waals surface area (Å²) in [6, 6.07) is 0. The minimum Gasteiger partial charge on any atom is -0.385 e. The average Bonchev–Trinajstić information content (AvgIpc) is 2.50. The molecule has 0 radical (unpaired) electrons. The summed E-state index contributed by atoms with van der Waals surface area (Å²) in [6.07, 6.45) is 0.928. The molecule has 1 atom stereocenters. The summed E-state index contributed by atoms with van der Waals surface area (Å²) in [5.74, 6) is 0.616. The summed E-state index contributed by atoms with van der Waals surface area (Å²) in [5, 5.41) is 0. The number of methoxy groups -OCH3 is 2. The summed E-state index contributed by atoms with van der Waals surface area (Å²) < 4.78 is 10.2. The first kappa shape index (κ1) is 12.3. The Balaban J connectivity index is 2.56. The molecule has 0 saturated heterocycles. The topological polar surface area (TPSA) is 60.1 Å². The van der Waals surface area contributed by atoms with E-state index in [4.69, 9.17) is 15.2 Å². The Kier molecular flexibility index (Phi) is 4.35. The highest BCUT2D eigenvalue weighted by atomic mass is 16.5. The van der Waals surface area contributed by atoms with Crippen molar-refractivity contribution in [3.63, 3.8) is 0 Å². The summed E-state index contributed by atoms with van der Waals surface area (Å²) in [6.45, 7) is 5.07. The number of nitrogens with zero attached hydrogens (tertiary/aromatic N) is 2. The largest absolute Gasteiger partial charge is 0.385 e. The van der Waals surface area contributed by atoms with Gasteiger partial charge in [0.2, 0.25) is 0 Å². The molecule has 0 aromatic carbocycles. The third kappa shape index (κ3) is 2.82. The van der Waals surface area contributed by atoms with Crippen LogP contribution in [0.2, 0.25) is 0 Å². The molecule has 1 unspecified atom stereocenters. The summed E-state index contributed by atoms with van der Waals surface area (Å²) in [4.78, 5) is 6.39. The standard InChI is InChI=1S/C10H21N3O2/c1-10(4-6-14-2)8-12-9(11)13(10)5-7-15-3/h4-8H2,1-3H3,(H2,11,12). The van der Waals surface area contributed by atoms with E-state index in [-0.39, 0.29) is 5.54 Å². The van der Waals surface area contributed by atoms with Gasteiger partial charge in [-0.25, -0.2) is 0 Å². The highest BCUT2D eigenvalue weighted by Gasteiger charge is 2.37. The Morgan fingerprint density at radius 1 is 1.40 bits per heavy atom. The molecule has 0 aromatic rings. The molecule has 15 heavy (non-hydrogen) atoms. The van der Waals surface area contributed by atoms with Gasteiger partial charge in [0.1, 0.15) is 0 Å². The van der Waals surface area contributed by atoms with Crippen LogP contribution in [0.1, 0.15) is 13.3 Å². The molecule has 1 heterocycles. The summed E-state index contributed by atoms with van der Waals surface area (Å²) >= 11 is 0. The normalized spacial score (nSPS) is 25.8. The Hall–Kier alpha value is -0.810. The molecule has 0 fully saturated rings. The second-order valence-electron chi connectivity index (χ2n) is 4.06. The quantitative estimate of drug-likeness (QED) is 0.680. The van der Waals surface area contributed by atoms with Gasteiger partial charge >= 0.3 is 0 Å². The lowest BCUT2D eigenvalue weighted by atomic mass is 9.97. The number of rotatable bonds is 6. The molecule has 0 aliphatic carbocycles. The molecule has 88 valence electrons. The monoisotopic (exact) mass is 215 g/mol. The van der Waals surface area contributed by atoms with Crippen molar-refractivity contribution >= 4 is 5.96 Å². The molecule has 2 N–H and O–H groups in total. The lowest BCUT2D eigenvalue weighted by Crippen LogP contribution is -2.51. The molecule has 5 nitrogen and oxygen atoms in total. The first-order valence-corrected chi connectivity index (χ1v) is 5.19. The van der Waals surface area contributed by atoms with Gasteiger partial charge in [-0.3, -0.25) is 4.99 Å². The molecular weight excluding hydrogens is 194 g/mol.